The van der Waals surface area contributed by atoms with Crippen molar-refractivity contribution in [1.29, 1.82) is 0 Å². The van der Waals surface area contributed by atoms with Crippen LogP contribution in [-0.4, -0.2) is 6.54 Å². The summed E-state index contributed by atoms with van der Waals surface area (Å²) in [6.07, 6.45) is 3.58. The van der Waals surface area contributed by atoms with E-state index in [0.717, 1.165) is 21.8 Å². The van der Waals surface area contributed by atoms with Crippen LogP contribution in [0.3, 0.4) is 0 Å². The monoisotopic (exact) mass is 383 g/mol. The SMILES string of the molecule is CCNC(c1cc(Cl)c(Br)s1)C1CCc2ccccc2C1. The summed E-state index contributed by atoms with van der Waals surface area (Å²) in [6.45, 7) is 3.16. The molecule has 0 radical (unpaired) electrons. The summed E-state index contributed by atoms with van der Waals surface area (Å²) < 4.78 is 1.04. The number of thiophene rings is 1. The van der Waals surface area contributed by atoms with Crippen molar-refractivity contribution < 1.29 is 0 Å². The lowest BCUT2D eigenvalue weighted by Crippen LogP contribution is -2.31. The molecule has 2 aromatic rings. The average molecular weight is 385 g/mol. The minimum absolute atomic E-state index is 0.400. The highest BCUT2D eigenvalue weighted by molar-refractivity contribution is 9.11. The number of rotatable bonds is 4. The first-order chi connectivity index (χ1) is 10.2. The number of hydrogen-bond donors (Lipinski definition) is 1. The van der Waals surface area contributed by atoms with Gasteiger partial charge in [0.15, 0.2) is 0 Å². The van der Waals surface area contributed by atoms with Gasteiger partial charge in [-0.05, 0) is 64.8 Å². The summed E-state index contributed by atoms with van der Waals surface area (Å²) in [5.41, 5.74) is 3.03. The largest absolute Gasteiger partial charge is 0.309 e. The molecule has 0 bridgehead atoms. The molecule has 0 aliphatic heterocycles. The van der Waals surface area contributed by atoms with Crippen LogP contribution in [0, 0.1) is 5.92 Å². The standard InChI is InChI=1S/C17H19BrClNS/c1-2-20-16(15-10-14(19)17(18)21-15)13-8-7-11-5-3-4-6-12(11)9-13/h3-6,10,13,16,20H,2,7-9H2,1H3. The molecule has 0 spiro atoms. The molecular weight excluding hydrogens is 366 g/mol. The second-order valence-corrected chi connectivity index (χ2v) is 8.39. The van der Waals surface area contributed by atoms with Gasteiger partial charge >= 0.3 is 0 Å². The van der Waals surface area contributed by atoms with Crippen molar-refractivity contribution in [1.82, 2.24) is 5.32 Å². The quantitative estimate of drug-likeness (QED) is 0.721. The third-order valence-electron chi connectivity index (χ3n) is 4.25. The van der Waals surface area contributed by atoms with Crippen molar-refractivity contribution in [2.45, 2.75) is 32.2 Å². The fourth-order valence-electron chi connectivity index (χ4n) is 3.25. The second-order valence-electron chi connectivity index (χ2n) is 5.58. The molecule has 2 atom stereocenters. The van der Waals surface area contributed by atoms with Gasteiger partial charge in [0, 0.05) is 10.9 Å². The van der Waals surface area contributed by atoms with Crippen LogP contribution in [0.4, 0.5) is 0 Å². The molecule has 1 N–H and O–H groups in total. The number of hydrogen-bond acceptors (Lipinski definition) is 2. The van der Waals surface area contributed by atoms with Gasteiger partial charge in [-0.1, -0.05) is 42.8 Å². The van der Waals surface area contributed by atoms with E-state index in [9.17, 15) is 0 Å². The molecule has 1 aliphatic rings. The molecule has 0 saturated heterocycles. The topological polar surface area (TPSA) is 12.0 Å². The Morgan fingerprint density at radius 2 is 2.14 bits per heavy atom. The molecule has 1 aromatic heterocycles. The van der Waals surface area contributed by atoms with Gasteiger partial charge in [-0.15, -0.1) is 11.3 Å². The fraction of sp³-hybridized carbons (Fsp3) is 0.412. The molecule has 1 nitrogen and oxygen atoms in total. The van der Waals surface area contributed by atoms with Crippen LogP contribution in [0.15, 0.2) is 34.1 Å². The van der Waals surface area contributed by atoms with Crippen molar-refractivity contribution in [2.75, 3.05) is 6.54 Å². The molecule has 1 aliphatic carbocycles. The molecule has 21 heavy (non-hydrogen) atoms. The molecule has 2 unspecified atom stereocenters. The molecule has 0 fully saturated rings. The van der Waals surface area contributed by atoms with Gasteiger partial charge in [-0.25, -0.2) is 0 Å². The Morgan fingerprint density at radius 3 is 2.81 bits per heavy atom. The third-order valence-corrected chi connectivity index (χ3v) is 6.81. The first-order valence-corrected chi connectivity index (χ1v) is 9.42. The van der Waals surface area contributed by atoms with Crippen molar-refractivity contribution in [3.05, 3.63) is 55.1 Å². The molecule has 0 amide bonds. The van der Waals surface area contributed by atoms with Crippen LogP contribution >= 0.6 is 38.9 Å². The Morgan fingerprint density at radius 1 is 1.38 bits per heavy atom. The number of benzene rings is 1. The molecular formula is C17H19BrClNS. The Bertz CT molecular complexity index is 606. The zero-order chi connectivity index (χ0) is 14.8. The Kier molecular flexibility index (Phi) is 5.05. The average Bonchev–Trinajstić information content (AvgIpc) is 2.83. The van der Waals surface area contributed by atoms with E-state index < -0.39 is 0 Å². The maximum Gasteiger partial charge on any atom is 0.0887 e. The van der Waals surface area contributed by atoms with Crippen LogP contribution in [0.1, 0.15) is 35.4 Å². The smallest absolute Gasteiger partial charge is 0.0887 e. The maximum atomic E-state index is 6.23. The van der Waals surface area contributed by atoms with Gasteiger partial charge in [0.2, 0.25) is 0 Å². The Labute approximate surface area is 143 Å². The lowest BCUT2D eigenvalue weighted by atomic mass is 9.79. The van der Waals surface area contributed by atoms with Gasteiger partial charge in [0.1, 0.15) is 0 Å². The summed E-state index contributed by atoms with van der Waals surface area (Å²) in [7, 11) is 0. The van der Waals surface area contributed by atoms with E-state index in [1.54, 1.807) is 11.3 Å². The Hall–Kier alpha value is -0.350. The van der Waals surface area contributed by atoms with Gasteiger partial charge in [-0.2, -0.15) is 0 Å². The number of aryl methyl sites for hydroxylation is 1. The zero-order valence-corrected chi connectivity index (χ0v) is 15.2. The van der Waals surface area contributed by atoms with Crippen LogP contribution < -0.4 is 5.32 Å². The minimum Gasteiger partial charge on any atom is -0.309 e. The van der Waals surface area contributed by atoms with Crippen molar-refractivity contribution in [3.8, 4) is 0 Å². The number of nitrogens with one attached hydrogen (secondary N) is 1. The normalized spacial score (nSPS) is 19.3. The van der Waals surface area contributed by atoms with Crippen LogP contribution in [0.5, 0.6) is 0 Å². The van der Waals surface area contributed by atoms with E-state index in [2.05, 4.69) is 58.5 Å². The van der Waals surface area contributed by atoms with Gasteiger partial charge < -0.3 is 5.32 Å². The van der Waals surface area contributed by atoms with Gasteiger partial charge in [-0.3, -0.25) is 0 Å². The molecule has 3 rings (SSSR count). The summed E-state index contributed by atoms with van der Waals surface area (Å²) in [5, 5.41) is 4.50. The van der Waals surface area contributed by atoms with Crippen molar-refractivity contribution >= 4 is 38.9 Å². The molecule has 0 saturated carbocycles. The summed E-state index contributed by atoms with van der Waals surface area (Å²) >= 11 is 11.5. The number of fused-ring (bicyclic) bond motifs is 1. The number of halogens is 2. The van der Waals surface area contributed by atoms with Crippen LogP contribution in [0.2, 0.25) is 5.02 Å². The molecule has 1 heterocycles. The molecule has 112 valence electrons. The van der Waals surface area contributed by atoms with E-state index in [4.69, 9.17) is 11.6 Å². The third kappa shape index (κ3) is 3.37. The van der Waals surface area contributed by atoms with E-state index in [1.807, 2.05) is 0 Å². The maximum absolute atomic E-state index is 6.23. The lowest BCUT2D eigenvalue weighted by molar-refractivity contribution is 0.334. The lowest BCUT2D eigenvalue weighted by Gasteiger charge is -2.31. The van der Waals surface area contributed by atoms with E-state index >= 15 is 0 Å². The fourth-order valence-corrected chi connectivity index (χ4v) is 5.16. The highest BCUT2D eigenvalue weighted by atomic mass is 79.9. The predicted octanol–water partition coefficient (Wildman–Crippen LogP) is 5.62. The first-order valence-electron chi connectivity index (χ1n) is 7.44. The Balaban J connectivity index is 1.85. The van der Waals surface area contributed by atoms with Crippen molar-refractivity contribution in [2.24, 2.45) is 5.92 Å². The molecule has 4 heteroatoms. The van der Waals surface area contributed by atoms with Gasteiger partial charge in [0.05, 0.1) is 8.81 Å². The van der Waals surface area contributed by atoms with E-state index in [0.29, 0.717) is 12.0 Å². The summed E-state index contributed by atoms with van der Waals surface area (Å²) in [4.78, 5) is 1.35. The summed E-state index contributed by atoms with van der Waals surface area (Å²) in [6, 6.07) is 11.4. The molecule has 1 aromatic carbocycles. The highest BCUT2D eigenvalue weighted by Crippen LogP contribution is 2.41. The predicted molar refractivity (Wildman–Crippen MR) is 95.4 cm³/mol. The van der Waals surface area contributed by atoms with E-state index in [-0.39, 0.29) is 0 Å². The van der Waals surface area contributed by atoms with E-state index in [1.165, 1.54) is 28.8 Å². The minimum atomic E-state index is 0.400. The van der Waals surface area contributed by atoms with Crippen LogP contribution in [0.25, 0.3) is 0 Å². The van der Waals surface area contributed by atoms with Crippen molar-refractivity contribution in [3.63, 3.8) is 0 Å². The van der Waals surface area contributed by atoms with Crippen LogP contribution in [-0.2, 0) is 12.8 Å². The van der Waals surface area contributed by atoms with Gasteiger partial charge in [0.25, 0.3) is 0 Å². The highest BCUT2D eigenvalue weighted by Gasteiger charge is 2.28. The summed E-state index contributed by atoms with van der Waals surface area (Å²) in [5.74, 6) is 0.640. The second kappa shape index (κ2) is 6.82. The zero-order valence-electron chi connectivity index (χ0n) is 12.0. The first kappa shape index (κ1) is 15.5.